The van der Waals surface area contributed by atoms with Gasteiger partial charge in [0.15, 0.2) is 0 Å². The minimum absolute atomic E-state index is 0.00763. The Balaban J connectivity index is 1.56. The Hall–Kier alpha value is -3.21. The molecule has 0 spiro atoms. The van der Waals surface area contributed by atoms with Gasteiger partial charge in [-0.15, -0.1) is 6.58 Å². The van der Waals surface area contributed by atoms with Crippen LogP contribution in [0.5, 0.6) is 0 Å². The number of amides is 2. The Labute approximate surface area is 184 Å². The summed E-state index contributed by atoms with van der Waals surface area (Å²) >= 11 is 0. The first-order valence-corrected chi connectivity index (χ1v) is 11.0. The van der Waals surface area contributed by atoms with Gasteiger partial charge < -0.3 is 9.80 Å². The number of nitrogens with zero attached hydrogens (tertiary/aromatic N) is 3. The lowest BCUT2D eigenvalue weighted by Crippen LogP contribution is -2.59. The molecular weight excluding hydrogens is 386 g/mol. The molecule has 0 bridgehead atoms. The van der Waals surface area contributed by atoms with Gasteiger partial charge in [0, 0.05) is 44.9 Å². The zero-order valence-electron chi connectivity index (χ0n) is 17.8. The Bertz CT molecular complexity index is 970. The summed E-state index contributed by atoms with van der Waals surface area (Å²) in [7, 11) is 0. The Morgan fingerprint density at radius 2 is 2.06 bits per heavy atom. The highest BCUT2D eigenvalue weighted by Crippen LogP contribution is 2.25. The van der Waals surface area contributed by atoms with E-state index in [9.17, 15) is 9.59 Å². The van der Waals surface area contributed by atoms with Crippen LogP contribution in [0.1, 0.15) is 24.8 Å². The van der Waals surface area contributed by atoms with Crippen LogP contribution in [0.15, 0.2) is 73.6 Å². The summed E-state index contributed by atoms with van der Waals surface area (Å²) in [6.07, 6.45) is 12.7. The standard InChI is InChI=1S/C26H29N3O2/c1-2-13-28-14-15-29(25(30)18-20-7-3-4-8-20)24(26(28)31)17-21-9-5-10-22(16-21)23-11-6-12-27-19-23/h2-3,5-7,9-12,16,19-20,24H,1,4,8,13-15,17-18H2. The monoisotopic (exact) mass is 415 g/mol. The summed E-state index contributed by atoms with van der Waals surface area (Å²) in [6.45, 7) is 5.42. The number of rotatable bonds is 7. The summed E-state index contributed by atoms with van der Waals surface area (Å²) in [5.41, 5.74) is 3.14. The third-order valence-corrected chi connectivity index (χ3v) is 6.15. The van der Waals surface area contributed by atoms with Crippen LogP contribution in [-0.4, -0.2) is 52.3 Å². The van der Waals surface area contributed by atoms with Gasteiger partial charge in [0.05, 0.1) is 0 Å². The Morgan fingerprint density at radius 1 is 1.19 bits per heavy atom. The van der Waals surface area contributed by atoms with Gasteiger partial charge in [0.1, 0.15) is 6.04 Å². The lowest BCUT2D eigenvalue weighted by Gasteiger charge is -2.41. The number of hydrogen-bond acceptors (Lipinski definition) is 3. The average Bonchev–Trinajstić information content (AvgIpc) is 3.30. The van der Waals surface area contributed by atoms with Crippen LogP contribution >= 0.6 is 0 Å². The van der Waals surface area contributed by atoms with E-state index in [2.05, 4.69) is 29.8 Å². The zero-order chi connectivity index (χ0) is 21.6. The number of aromatic nitrogens is 1. The molecule has 31 heavy (non-hydrogen) atoms. The second-order valence-electron chi connectivity index (χ2n) is 8.29. The molecule has 1 aliphatic carbocycles. The molecule has 0 radical (unpaired) electrons. The molecule has 2 aromatic rings. The van der Waals surface area contributed by atoms with Gasteiger partial charge in [-0.05, 0) is 41.5 Å². The molecule has 5 heteroatoms. The minimum Gasteiger partial charge on any atom is -0.335 e. The quantitative estimate of drug-likeness (QED) is 0.645. The van der Waals surface area contributed by atoms with Crippen molar-refractivity contribution < 1.29 is 9.59 Å². The van der Waals surface area contributed by atoms with Gasteiger partial charge in [-0.2, -0.15) is 0 Å². The van der Waals surface area contributed by atoms with E-state index in [4.69, 9.17) is 0 Å². The third-order valence-electron chi connectivity index (χ3n) is 6.15. The highest BCUT2D eigenvalue weighted by atomic mass is 16.2. The van der Waals surface area contributed by atoms with E-state index in [0.29, 0.717) is 38.4 Å². The van der Waals surface area contributed by atoms with Crippen molar-refractivity contribution in [3.05, 3.63) is 79.2 Å². The van der Waals surface area contributed by atoms with Gasteiger partial charge in [-0.25, -0.2) is 0 Å². The molecule has 2 atom stereocenters. The molecule has 1 aliphatic heterocycles. The predicted molar refractivity (Wildman–Crippen MR) is 122 cm³/mol. The van der Waals surface area contributed by atoms with Gasteiger partial charge in [-0.3, -0.25) is 14.6 Å². The Morgan fingerprint density at radius 3 is 2.81 bits per heavy atom. The minimum atomic E-state index is -0.476. The number of allylic oxidation sites excluding steroid dienone is 2. The molecule has 2 unspecified atom stereocenters. The van der Waals surface area contributed by atoms with E-state index in [0.717, 1.165) is 29.5 Å². The van der Waals surface area contributed by atoms with Gasteiger partial charge in [0.25, 0.3) is 0 Å². The molecule has 2 amide bonds. The molecule has 1 saturated heterocycles. The van der Waals surface area contributed by atoms with Crippen LogP contribution in [0.2, 0.25) is 0 Å². The van der Waals surface area contributed by atoms with E-state index in [-0.39, 0.29) is 11.8 Å². The summed E-state index contributed by atoms with van der Waals surface area (Å²) in [5.74, 6) is 0.383. The first-order valence-electron chi connectivity index (χ1n) is 11.0. The fourth-order valence-electron chi connectivity index (χ4n) is 4.51. The Kier molecular flexibility index (Phi) is 6.60. The third kappa shape index (κ3) is 4.93. The van der Waals surface area contributed by atoms with Crippen molar-refractivity contribution in [3.63, 3.8) is 0 Å². The van der Waals surface area contributed by atoms with E-state index in [1.807, 2.05) is 46.3 Å². The number of pyridine rings is 1. The molecule has 5 nitrogen and oxygen atoms in total. The molecular formula is C26H29N3O2. The lowest BCUT2D eigenvalue weighted by atomic mass is 9.96. The normalized spacial score (nSPS) is 20.8. The largest absolute Gasteiger partial charge is 0.335 e. The molecule has 4 rings (SSSR count). The van der Waals surface area contributed by atoms with Crippen LogP contribution < -0.4 is 0 Å². The first kappa shape index (κ1) is 21.0. The molecule has 0 N–H and O–H groups in total. The SMILES string of the molecule is C=CCN1CCN(C(=O)CC2C=CCC2)C(Cc2cccc(-c3cccnc3)c2)C1=O. The summed E-state index contributed by atoms with van der Waals surface area (Å²) < 4.78 is 0. The highest BCUT2D eigenvalue weighted by Gasteiger charge is 2.37. The van der Waals surface area contributed by atoms with Crippen molar-refractivity contribution >= 4 is 11.8 Å². The van der Waals surface area contributed by atoms with Crippen LogP contribution in [0.25, 0.3) is 11.1 Å². The maximum atomic E-state index is 13.3. The molecule has 1 aromatic heterocycles. The number of piperazine rings is 1. The van der Waals surface area contributed by atoms with Crippen molar-refractivity contribution in [2.75, 3.05) is 19.6 Å². The van der Waals surface area contributed by atoms with Gasteiger partial charge in [-0.1, -0.05) is 48.6 Å². The highest BCUT2D eigenvalue weighted by molar-refractivity contribution is 5.89. The fourth-order valence-corrected chi connectivity index (χ4v) is 4.51. The second kappa shape index (κ2) is 9.73. The molecule has 0 saturated carbocycles. The maximum absolute atomic E-state index is 13.3. The topological polar surface area (TPSA) is 53.5 Å². The van der Waals surface area contributed by atoms with Crippen molar-refractivity contribution in [2.24, 2.45) is 5.92 Å². The number of hydrogen-bond donors (Lipinski definition) is 0. The molecule has 160 valence electrons. The fraction of sp³-hybridized carbons (Fsp3) is 0.346. The van der Waals surface area contributed by atoms with E-state index >= 15 is 0 Å². The maximum Gasteiger partial charge on any atom is 0.246 e. The number of carbonyl (C=O) groups excluding carboxylic acids is 2. The van der Waals surface area contributed by atoms with Crippen molar-refractivity contribution in [3.8, 4) is 11.1 Å². The zero-order valence-corrected chi connectivity index (χ0v) is 17.8. The van der Waals surface area contributed by atoms with Crippen molar-refractivity contribution in [2.45, 2.75) is 31.7 Å². The molecule has 2 heterocycles. The van der Waals surface area contributed by atoms with Crippen molar-refractivity contribution in [1.29, 1.82) is 0 Å². The predicted octanol–water partition coefficient (Wildman–Crippen LogP) is 3.87. The van der Waals surface area contributed by atoms with Gasteiger partial charge in [0.2, 0.25) is 11.8 Å². The molecule has 1 fully saturated rings. The molecule has 1 aromatic carbocycles. The average molecular weight is 416 g/mol. The van der Waals surface area contributed by atoms with Crippen molar-refractivity contribution in [1.82, 2.24) is 14.8 Å². The smallest absolute Gasteiger partial charge is 0.246 e. The number of carbonyl (C=O) groups is 2. The lowest BCUT2D eigenvalue weighted by molar-refractivity contribution is -0.151. The number of benzene rings is 1. The van der Waals surface area contributed by atoms with Crippen LogP contribution in [0, 0.1) is 5.92 Å². The summed E-state index contributed by atoms with van der Waals surface area (Å²) in [6, 6.07) is 11.6. The van der Waals surface area contributed by atoms with Gasteiger partial charge >= 0.3 is 0 Å². The van der Waals surface area contributed by atoms with E-state index in [1.54, 1.807) is 12.3 Å². The second-order valence-corrected chi connectivity index (χ2v) is 8.29. The van der Waals surface area contributed by atoms with Crippen LogP contribution in [0.4, 0.5) is 0 Å². The summed E-state index contributed by atoms with van der Waals surface area (Å²) in [4.78, 5) is 34.3. The first-order chi connectivity index (χ1) is 15.2. The van der Waals surface area contributed by atoms with E-state index < -0.39 is 6.04 Å². The van der Waals surface area contributed by atoms with Crippen LogP contribution in [0.3, 0.4) is 0 Å². The summed E-state index contributed by atoms with van der Waals surface area (Å²) in [5, 5.41) is 0. The molecule has 2 aliphatic rings. The van der Waals surface area contributed by atoms with E-state index in [1.165, 1.54) is 0 Å². The van der Waals surface area contributed by atoms with Crippen LogP contribution in [-0.2, 0) is 16.0 Å².